The molecule has 4 heteroatoms. The molecule has 1 saturated carbocycles. The van der Waals surface area contributed by atoms with Gasteiger partial charge in [-0.05, 0) is 63.4 Å². The van der Waals surface area contributed by atoms with Gasteiger partial charge in [-0.15, -0.1) is 0 Å². The van der Waals surface area contributed by atoms with E-state index in [2.05, 4.69) is 34.7 Å². The summed E-state index contributed by atoms with van der Waals surface area (Å²) in [6.07, 6.45) is 7.70. The molecule has 4 aliphatic rings. The van der Waals surface area contributed by atoms with E-state index in [1.165, 1.54) is 57.3 Å². The average Bonchev–Trinajstić information content (AvgIpc) is 2.64. The minimum absolute atomic E-state index is 0.0391. The van der Waals surface area contributed by atoms with Gasteiger partial charge in [-0.2, -0.15) is 0 Å². The van der Waals surface area contributed by atoms with Crippen molar-refractivity contribution in [2.75, 3.05) is 26.7 Å². The van der Waals surface area contributed by atoms with Crippen LogP contribution in [-0.2, 0) is 5.54 Å². The highest BCUT2D eigenvalue weighted by molar-refractivity contribution is 6.31. The zero-order chi connectivity index (χ0) is 16.6. The first-order valence-electron chi connectivity index (χ1n) is 9.65. The third kappa shape index (κ3) is 2.90. The van der Waals surface area contributed by atoms with E-state index >= 15 is 0 Å². The number of nitrogens with zero attached hydrogens (tertiary/aromatic N) is 1. The molecule has 5 rings (SSSR count). The third-order valence-corrected chi connectivity index (χ3v) is 7.11. The van der Waals surface area contributed by atoms with Crippen LogP contribution in [0.5, 0.6) is 0 Å². The summed E-state index contributed by atoms with van der Waals surface area (Å²) in [6, 6.07) is 9.52. The molecule has 2 N–H and O–H groups in total. The van der Waals surface area contributed by atoms with E-state index in [-0.39, 0.29) is 5.54 Å². The molecule has 0 spiro atoms. The Hall–Kier alpha value is -0.610. The van der Waals surface area contributed by atoms with E-state index < -0.39 is 0 Å². The lowest BCUT2D eigenvalue weighted by Crippen LogP contribution is -2.65. The smallest absolute Gasteiger partial charge is 0.0602 e. The monoisotopic (exact) mass is 347 g/mol. The van der Waals surface area contributed by atoms with Crippen LogP contribution in [0.2, 0.25) is 5.02 Å². The summed E-state index contributed by atoms with van der Waals surface area (Å²) in [5, 5.41) is 8.69. The Kier molecular flexibility index (Phi) is 4.88. The fraction of sp³-hybridized carbons (Fsp3) is 0.700. The molecule has 1 aliphatic carbocycles. The molecule has 1 aromatic rings. The summed E-state index contributed by atoms with van der Waals surface area (Å²) >= 11 is 6.62. The molecule has 3 aliphatic heterocycles. The van der Waals surface area contributed by atoms with Crippen LogP contribution in [0.25, 0.3) is 0 Å². The molecule has 0 unspecified atom stereocenters. The Balaban J connectivity index is 1.61. The lowest BCUT2D eigenvalue weighted by atomic mass is 9.71. The Bertz CT molecular complexity index is 570. The summed E-state index contributed by atoms with van der Waals surface area (Å²) in [4.78, 5) is 2.64. The van der Waals surface area contributed by atoms with Gasteiger partial charge in [0.1, 0.15) is 0 Å². The van der Waals surface area contributed by atoms with Crippen molar-refractivity contribution in [3.63, 3.8) is 0 Å². The molecule has 3 atom stereocenters. The molecule has 0 aromatic heterocycles. The van der Waals surface area contributed by atoms with E-state index in [0.717, 1.165) is 17.4 Å². The number of benzene rings is 1. The van der Waals surface area contributed by atoms with Gasteiger partial charge in [-0.1, -0.05) is 42.6 Å². The maximum atomic E-state index is 6.62. The number of hydrogen-bond donors (Lipinski definition) is 2. The fourth-order valence-corrected chi connectivity index (χ4v) is 5.69. The van der Waals surface area contributed by atoms with Crippen LogP contribution in [0.4, 0.5) is 0 Å². The highest BCUT2D eigenvalue weighted by Crippen LogP contribution is 2.41. The molecule has 0 radical (unpaired) electrons. The first-order chi connectivity index (χ1) is 11.7. The summed E-state index contributed by atoms with van der Waals surface area (Å²) in [7, 11) is 2.11. The number of hydrogen-bond acceptors (Lipinski definition) is 3. The molecule has 132 valence electrons. The molecule has 0 amide bonds. The minimum Gasteiger partial charge on any atom is -0.309 e. The second-order valence-corrected chi connectivity index (χ2v) is 8.32. The second kappa shape index (κ2) is 6.95. The lowest BCUT2D eigenvalue weighted by Gasteiger charge is -2.51. The maximum absolute atomic E-state index is 6.62. The Morgan fingerprint density at radius 1 is 1.12 bits per heavy atom. The quantitative estimate of drug-likeness (QED) is 0.874. The molecule has 3 nitrogen and oxygen atoms in total. The second-order valence-electron chi connectivity index (χ2n) is 7.91. The number of piperidine rings is 3. The summed E-state index contributed by atoms with van der Waals surface area (Å²) < 4.78 is 0. The van der Waals surface area contributed by atoms with Crippen LogP contribution < -0.4 is 10.6 Å². The Morgan fingerprint density at radius 3 is 2.58 bits per heavy atom. The first kappa shape index (κ1) is 16.8. The lowest BCUT2D eigenvalue weighted by molar-refractivity contribution is 0.0495. The van der Waals surface area contributed by atoms with Gasteiger partial charge in [0.05, 0.1) is 5.54 Å². The normalized spacial score (nSPS) is 39.1. The van der Waals surface area contributed by atoms with Crippen molar-refractivity contribution in [3.05, 3.63) is 34.9 Å². The number of rotatable bonds is 4. The van der Waals surface area contributed by atoms with Gasteiger partial charge in [0.15, 0.2) is 0 Å². The summed E-state index contributed by atoms with van der Waals surface area (Å²) in [5.74, 6) is 0.859. The highest BCUT2D eigenvalue weighted by atomic mass is 35.5. The van der Waals surface area contributed by atoms with Crippen molar-refractivity contribution in [2.24, 2.45) is 5.92 Å². The Labute approximate surface area is 151 Å². The molecule has 4 fully saturated rings. The minimum atomic E-state index is -0.0391. The van der Waals surface area contributed by atoms with Crippen LogP contribution in [0.3, 0.4) is 0 Å². The van der Waals surface area contributed by atoms with Crippen molar-refractivity contribution < 1.29 is 0 Å². The standard InChI is InChI=1S/C20H30ClN3/c1-22-20(16-6-2-3-7-17(16)21)11-5-4-8-19(20)23-18-14-24-12-9-15(18)10-13-24/h2-3,6-7,15,18-19,22-23H,4-5,8-14H2,1H3/t18-,19+,20-/m1/s1. The zero-order valence-electron chi connectivity index (χ0n) is 14.7. The van der Waals surface area contributed by atoms with Crippen LogP contribution >= 0.6 is 11.6 Å². The van der Waals surface area contributed by atoms with Gasteiger partial charge in [0.25, 0.3) is 0 Å². The van der Waals surface area contributed by atoms with Gasteiger partial charge in [-0.25, -0.2) is 0 Å². The number of halogens is 1. The van der Waals surface area contributed by atoms with Crippen LogP contribution in [0.1, 0.15) is 44.1 Å². The summed E-state index contributed by atoms with van der Waals surface area (Å²) in [6.45, 7) is 3.83. The van der Waals surface area contributed by atoms with Gasteiger partial charge >= 0.3 is 0 Å². The van der Waals surface area contributed by atoms with Gasteiger partial charge in [0.2, 0.25) is 0 Å². The van der Waals surface area contributed by atoms with Gasteiger partial charge in [0, 0.05) is 23.7 Å². The van der Waals surface area contributed by atoms with Crippen molar-refractivity contribution in [1.29, 1.82) is 0 Å². The van der Waals surface area contributed by atoms with Gasteiger partial charge in [-0.3, -0.25) is 0 Å². The SMILES string of the molecule is CN[C@@]1(c2ccccc2Cl)CCCC[C@@H]1N[C@@H]1CN2CCC1CC2. The first-order valence-corrected chi connectivity index (χ1v) is 10.0. The van der Waals surface area contributed by atoms with Crippen LogP contribution in [0, 0.1) is 5.92 Å². The predicted molar refractivity (Wildman–Crippen MR) is 101 cm³/mol. The molecule has 1 aromatic carbocycles. The third-order valence-electron chi connectivity index (χ3n) is 6.78. The molecule has 3 heterocycles. The molecule has 24 heavy (non-hydrogen) atoms. The number of likely N-dealkylation sites (N-methyl/N-ethyl adjacent to an activating group) is 1. The zero-order valence-corrected chi connectivity index (χ0v) is 15.5. The van der Waals surface area contributed by atoms with Crippen molar-refractivity contribution >= 4 is 11.6 Å². The largest absolute Gasteiger partial charge is 0.309 e. The summed E-state index contributed by atoms with van der Waals surface area (Å²) in [5.41, 5.74) is 1.23. The van der Waals surface area contributed by atoms with E-state index in [1.54, 1.807) is 0 Å². The molecular weight excluding hydrogens is 318 g/mol. The van der Waals surface area contributed by atoms with Crippen molar-refractivity contribution in [2.45, 2.75) is 56.1 Å². The topological polar surface area (TPSA) is 27.3 Å². The predicted octanol–water partition coefficient (Wildman–Crippen LogP) is 3.38. The number of fused-ring (bicyclic) bond motifs is 3. The highest BCUT2D eigenvalue weighted by Gasteiger charge is 2.45. The Morgan fingerprint density at radius 2 is 1.92 bits per heavy atom. The van der Waals surface area contributed by atoms with Crippen molar-refractivity contribution in [3.8, 4) is 0 Å². The maximum Gasteiger partial charge on any atom is 0.0602 e. The molecule has 2 bridgehead atoms. The van der Waals surface area contributed by atoms with Gasteiger partial charge < -0.3 is 15.5 Å². The van der Waals surface area contributed by atoms with E-state index in [0.29, 0.717) is 12.1 Å². The fourth-order valence-electron chi connectivity index (χ4n) is 5.39. The molecular formula is C20H30ClN3. The van der Waals surface area contributed by atoms with Crippen LogP contribution in [-0.4, -0.2) is 43.7 Å². The average molecular weight is 348 g/mol. The van der Waals surface area contributed by atoms with E-state index in [9.17, 15) is 0 Å². The number of nitrogens with one attached hydrogen (secondary N) is 2. The van der Waals surface area contributed by atoms with E-state index in [4.69, 9.17) is 11.6 Å². The van der Waals surface area contributed by atoms with Crippen LogP contribution in [0.15, 0.2) is 24.3 Å². The molecule has 3 saturated heterocycles. The van der Waals surface area contributed by atoms with Crippen molar-refractivity contribution in [1.82, 2.24) is 15.5 Å². The van der Waals surface area contributed by atoms with E-state index in [1.807, 2.05) is 12.1 Å².